The zero-order valence-corrected chi connectivity index (χ0v) is 11.4. The van der Waals surface area contributed by atoms with Gasteiger partial charge in [-0.25, -0.2) is 0 Å². The van der Waals surface area contributed by atoms with Gasteiger partial charge in [0.25, 0.3) is 0 Å². The third kappa shape index (κ3) is 6.42. The van der Waals surface area contributed by atoms with Gasteiger partial charge in [0.2, 0.25) is 0 Å². The van der Waals surface area contributed by atoms with Crippen molar-refractivity contribution < 1.29 is 26.7 Å². The molecule has 114 valence electrons. The first-order chi connectivity index (χ1) is 9.29. The molecule has 0 saturated heterocycles. The maximum absolute atomic E-state index is 12.2. The van der Waals surface area contributed by atoms with Crippen LogP contribution in [0.3, 0.4) is 0 Å². The molecule has 0 heterocycles. The molecule has 1 N–H and O–H groups in total. The highest BCUT2D eigenvalue weighted by Gasteiger charge is 2.27. The van der Waals surface area contributed by atoms with E-state index in [4.69, 9.17) is 0 Å². The van der Waals surface area contributed by atoms with Crippen molar-refractivity contribution in [1.29, 1.82) is 0 Å². The highest BCUT2D eigenvalue weighted by molar-refractivity contribution is 8.00. The third-order valence-electron chi connectivity index (χ3n) is 2.42. The first-order valence-electron chi connectivity index (χ1n) is 5.77. The van der Waals surface area contributed by atoms with E-state index in [1.165, 1.54) is 6.07 Å². The van der Waals surface area contributed by atoms with Crippen LogP contribution in [0.4, 0.5) is 22.0 Å². The second-order valence-corrected chi connectivity index (χ2v) is 5.05. The summed E-state index contributed by atoms with van der Waals surface area (Å²) in [6.07, 6.45) is 0. The lowest BCUT2D eigenvalue weighted by molar-refractivity contribution is -0.0507. The van der Waals surface area contributed by atoms with Gasteiger partial charge in [-0.15, -0.1) is 0 Å². The molecule has 1 aromatic rings. The molecule has 8 heteroatoms. The number of hydrogen-bond donors (Lipinski definition) is 1. The summed E-state index contributed by atoms with van der Waals surface area (Å²) in [5.41, 5.74) is -3.79. The highest BCUT2D eigenvalue weighted by atomic mass is 32.2. The largest absolute Gasteiger partial charge is 0.441 e. The number of para-hydroxylation sites is 1. The number of alkyl halides is 5. The Balaban J connectivity index is 2.52. The van der Waals surface area contributed by atoms with Crippen molar-refractivity contribution in [3.63, 3.8) is 0 Å². The van der Waals surface area contributed by atoms with Crippen LogP contribution in [0, 0.1) is 0 Å². The van der Waals surface area contributed by atoms with Crippen LogP contribution in [0.1, 0.15) is 18.5 Å². The zero-order valence-electron chi connectivity index (χ0n) is 10.6. The summed E-state index contributed by atoms with van der Waals surface area (Å²) < 4.78 is 64.7. The summed E-state index contributed by atoms with van der Waals surface area (Å²) >= 11 is -0.128. The number of halogens is 5. The normalized spacial score (nSPS) is 13.6. The van der Waals surface area contributed by atoms with E-state index in [0.717, 1.165) is 0 Å². The minimum Gasteiger partial charge on any atom is -0.434 e. The average molecular weight is 315 g/mol. The molecule has 1 rings (SSSR count). The quantitative estimate of drug-likeness (QED) is 0.602. The van der Waals surface area contributed by atoms with Crippen LogP contribution >= 0.6 is 11.8 Å². The van der Waals surface area contributed by atoms with Crippen LogP contribution in [0.15, 0.2) is 24.3 Å². The fourth-order valence-electron chi connectivity index (χ4n) is 1.59. The van der Waals surface area contributed by atoms with E-state index in [1.807, 2.05) is 0 Å². The fraction of sp³-hybridized carbons (Fsp3) is 0.500. The molecular weight excluding hydrogens is 301 g/mol. The van der Waals surface area contributed by atoms with Crippen molar-refractivity contribution >= 4 is 11.8 Å². The van der Waals surface area contributed by atoms with Crippen molar-refractivity contribution in [2.45, 2.75) is 25.1 Å². The van der Waals surface area contributed by atoms with Gasteiger partial charge >= 0.3 is 12.1 Å². The van der Waals surface area contributed by atoms with E-state index in [0.29, 0.717) is 5.56 Å². The lowest BCUT2D eigenvalue weighted by Gasteiger charge is -2.18. The minimum absolute atomic E-state index is 0.0194. The molecule has 2 nitrogen and oxygen atoms in total. The van der Waals surface area contributed by atoms with Crippen LogP contribution in [-0.4, -0.2) is 24.4 Å². The Labute approximate surface area is 117 Å². The van der Waals surface area contributed by atoms with E-state index in [2.05, 4.69) is 10.1 Å². The van der Waals surface area contributed by atoms with Gasteiger partial charge in [-0.3, -0.25) is 0 Å². The molecule has 0 aromatic heterocycles. The summed E-state index contributed by atoms with van der Waals surface area (Å²) in [7, 11) is 0. The van der Waals surface area contributed by atoms with Gasteiger partial charge in [-0.05, 0) is 24.8 Å². The smallest absolute Gasteiger partial charge is 0.434 e. The van der Waals surface area contributed by atoms with Crippen molar-refractivity contribution in [2.24, 2.45) is 0 Å². The first kappa shape index (κ1) is 17.0. The van der Waals surface area contributed by atoms with Gasteiger partial charge in [0.1, 0.15) is 5.75 Å². The Morgan fingerprint density at radius 1 is 1.25 bits per heavy atom. The van der Waals surface area contributed by atoms with Gasteiger partial charge in [0.05, 0.1) is 0 Å². The van der Waals surface area contributed by atoms with Gasteiger partial charge in [-0.2, -0.15) is 22.0 Å². The van der Waals surface area contributed by atoms with Gasteiger partial charge in [0, 0.05) is 23.9 Å². The monoisotopic (exact) mass is 315 g/mol. The van der Waals surface area contributed by atoms with Crippen LogP contribution in [0.2, 0.25) is 0 Å². The number of hydrogen-bond acceptors (Lipinski definition) is 3. The zero-order chi connectivity index (χ0) is 15.2. The van der Waals surface area contributed by atoms with E-state index in [-0.39, 0.29) is 29.8 Å². The Bertz CT molecular complexity index is 413. The van der Waals surface area contributed by atoms with E-state index in [9.17, 15) is 22.0 Å². The standard InChI is InChI=1S/C12H14F5NOS/c1-8(18-6-7-20-12(15,16)17)9-4-2-3-5-10(9)19-11(13)14/h2-5,8,11,18H,6-7H2,1H3. The second-order valence-electron chi connectivity index (χ2n) is 3.89. The molecule has 0 saturated carbocycles. The summed E-state index contributed by atoms with van der Waals surface area (Å²) in [6, 6.07) is 5.79. The topological polar surface area (TPSA) is 21.3 Å². The molecule has 0 aliphatic rings. The fourth-order valence-corrected chi connectivity index (χ4v) is 2.05. The molecule has 1 atom stereocenters. The lowest BCUT2D eigenvalue weighted by Crippen LogP contribution is -2.23. The van der Waals surface area contributed by atoms with Gasteiger partial charge in [-0.1, -0.05) is 18.2 Å². The summed E-state index contributed by atoms with van der Waals surface area (Å²) in [5, 5.41) is 2.84. The molecule has 0 bridgehead atoms. The Morgan fingerprint density at radius 3 is 2.50 bits per heavy atom. The molecule has 0 aliphatic carbocycles. The molecule has 0 amide bonds. The van der Waals surface area contributed by atoms with Gasteiger partial charge < -0.3 is 10.1 Å². The van der Waals surface area contributed by atoms with Crippen molar-refractivity contribution in [2.75, 3.05) is 12.3 Å². The Hall–Kier alpha value is -1.02. The van der Waals surface area contributed by atoms with Crippen LogP contribution in [0.5, 0.6) is 5.75 Å². The van der Waals surface area contributed by atoms with Crippen molar-refractivity contribution in [3.05, 3.63) is 29.8 Å². The van der Waals surface area contributed by atoms with Gasteiger partial charge in [0.15, 0.2) is 0 Å². The average Bonchev–Trinajstić information content (AvgIpc) is 2.33. The second kappa shape index (κ2) is 7.68. The predicted molar refractivity (Wildman–Crippen MR) is 68.0 cm³/mol. The maximum atomic E-state index is 12.2. The first-order valence-corrected chi connectivity index (χ1v) is 6.76. The molecular formula is C12H14F5NOS. The van der Waals surface area contributed by atoms with E-state index < -0.39 is 18.2 Å². The number of rotatable bonds is 7. The number of nitrogens with one attached hydrogen (secondary N) is 1. The number of ether oxygens (including phenoxy) is 1. The molecule has 0 aliphatic heterocycles. The molecule has 1 unspecified atom stereocenters. The molecule has 1 aromatic carbocycles. The minimum atomic E-state index is -4.26. The Morgan fingerprint density at radius 2 is 1.90 bits per heavy atom. The summed E-state index contributed by atoms with van der Waals surface area (Å²) in [4.78, 5) is 0. The summed E-state index contributed by atoms with van der Waals surface area (Å²) in [5.74, 6) is -0.128. The van der Waals surface area contributed by atoms with Crippen molar-refractivity contribution in [1.82, 2.24) is 5.32 Å². The van der Waals surface area contributed by atoms with Crippen LogP contribution in [-0.2, 0) is 0 Å². The Kier molecular flexibility index (Phi) is 6.54. The SMILES string of the molecule is CC(NCCSC(F)(F)F)c1ccccc1OC(F)F. The predicted octanol–water partition coefficient (Wildman–Crippen LogP) is 4.19. The number of benzene rings is 1. The van der Waals surface area contributed by atoms with Crippen molar-refractivity contribution in [3.8, 4) is 5.75 Å². The highest BCUT2D eigenvalue weighted by Crippen LogP contribution is 2.30. The number of thioether (sulfide) groups is 1. The third-order valence-corrected chi connectivity index (χ3v) is 3.16. The summed E-state index contributed by atoms with van der Waals surface area (Å²) in [6.45, 7) is -1.16. The van der Waals surface area contributed by atoms with E-state index >= 15 is 0 Å². The lowest BCUT2D eigenvalue weighted by atomic mass is 10.1. The molecule has 0 spiro atoms. The van der Waals surface area contributed by atoms with Crippen LogP contribution < -0.4 is 10.1 Å². The molecule has 20 heavy (non-hydrogen) atoms. The molecule has 0 radical (unpaired) electrons. The maximum Gasteiger partial charge on any atom is 0.441 e. The van der Waals surface area contributed by atoms with Crippen LogP contribution in [0.25, 0.3) is 0 Å². The van der Waals surface area contributed by atoms with E-state index in [1.54, 1.807) is 25.1 Å². The molecule has 0 fully saturated rings.